The van der Waals surface area contributed by atoms with Crippen LogP contribution >= 0.6 is 0 Å². The van der Waals surface area contributed by atoms with Crippen LogP contribution in [0.3, 0.4) is 0 Å². The molecule has 1 saturated carbocycles. The lowest BCUT2D eigenvalue weighted by Crippen LogP contribution is -2.25. The molecule has 0 spiro atoms. The maximum absolute atomic E-state index is 12.6. The van der Waals surface area contributed by atoms with Crippen molar-refractivity contribution in [2.75, 3.05) is 0 Å². The molecule has 0 amide bonds. The van der Waals surface area contributed by atoms with Gasteiger partial charge in [-0.15, -0.1) is 0 Å². The minimum Gasteiger partial charge on any atom is -0.297 e. The van der Waals surface area contributed by atoms with E-state index in [0.717, 1.165) is 18.2 Å². The molecule has 24 heavy (non-hydrogen) atoms. The summed E-state index contributed by atoms with van der Waals surface area (Å²) in [5.41, 5.74) is -0.763. The van der Waals surface area contributed by atoms with Crippen LogP contribution in [0.25, 0.3) is 0 Å². The summed E-state index contributed by atoms with van der Waals surface area (Å²) in [6.07, 6.45) is -3.17. The SMILES string of the molecule is Cc1cc(C(F)(F)F)ccc1C(=O)C(C#N)C(=O)C1CC1.O=S=O. The van der Waals surface area contributed by atoms with Gasteiger partial charge in [0.1, 0.15) is 0 Å². The van der Waals surface area contributed by atoms with Gasteiger partial charge in [-0.2, -0.15) is 26.9 Å². The lowest BCUT2D eigenvalue weighted by Gasteiger charge is -2.12. The van der Waals surface area contributed by atoms with Crippen LogP contribution < -0.4 is 0 Å². The summed E-state index contributed by atoms with van der Waals surface area (Å²) in [5.74, 6) is -2.83. The quantitative estimate of drug-likeness (QED) is 0.609. The molecular formula is C15H12F3NO4S. The molecule has 1 aliphatic rings. The molecule has 0 heterocycles. The molecule has 0 aromatic heterocycles. The van der Waals surface area contributed by atoms with Crippen LogP contribution in [0.5, 0.6) is 0 Å². The van der Waals surface area contributed by atoms with E-state index < -0.39 is 40.8 Å². The van der Waals surface area contributed by atoms with E-state index in [1.54, 1.807) is 6.07 Å². The highest BCUT2D eigenvalue weighted by molar-refractivity contribution is 7.51. The first-order chi connectivity index (χ1) is 11.2. The maximum Gasteiger partial charge on any atom is 0.416 e. The van der Waals surface area contributed by atoms with E-state index >= 15 is 0 Å². The Morgan fingerprint density at radius 3 is 2.21 bits per heavy atom. The number of hydrogen-bond acceptors (Lipinski definition) is 5. The molecule has 9 heteroatoms. The van der Waals surface area contributed by atoms with Crippen molar-refractivity contribution in [1.29, 1.82) is 5.26 Å². The molecule has 1 atom stereocenters. The van der Waals surface area contributed by atoms with Gasteiger partial charge < -0.3 is 0 Å². The summed E-state index contributed by atoms with van der Waals surface area (Å²) in [7, 11) is 0. The summed E-state index contributed by atoms with van der Waals surface area (Å²) in [4.78, 5) is 24.1. The summed E-state index contributed by atoms with van der Waals surface area (Å²) in [6.45, 7) is 1.36. The molecule has 1 unspecified atom stereocenters. The number of rotatable bonds is 4. The van der Waals surface area contributed by atoms with Crippen LogP contribution in [-0.2, 0) is 22.5 Å². The predicted molar refractivity (Wildman–Crippen MR) is 76.3 cm³/mol. The second-order valence-corrected chi connectivity index (χ2v) is 5.33. The van der Waals surface area contributed by atoms with E-state index in [0.29, 0.717) is 12.8 Å². The third-order valence-corrected chi connectivity index (χ3v) is 3.47. The first kappa shape index (κ1) is 19.7. The van der Waals surface area contributed by atoms with Crippen LogP contribution in [0.4, 0.5) is 13.2 Å². The minimum absolute atomic E-state index is 0.0106. The standard InChI is InChI=1S/C15H12F3NO2.O2S/c1-8-6-10(15(16,17)18)4-5-11(8)14(21)12(7-19)13(20)9-2-3-9;1-3-2/h4-6,9,12H,2-3H2,1H3;. The highest BCUT2D eigenvalue weighted by Crippen LogP contribution is 2.34. The van der Waals surface area contributed by atoms with Crippen LogP contribution in [0.1, 0.15) is 34.3 Å². The fourth-order valence-corrected chi connectivity index (χ4v) is 2.13. The van der Waals surface area contributed by atoms with Crippen LogP contribution in [0.2, 0.25) is 0 Å². The molecule has 1 aromatic carbocycles. The monoisotopic (exact) mass is 359 g/mol. The zero-order valence-electron chi connectivity index (χ0n) is 12.4. The number of carbonyl (C=O) groups is 2. The van der Waals surface area contributed by atoms with Gasteiger partial charge in [-0.25, -0.2) is 0 Å². The minimum atomic E-state index is -4.50. The van der Waals surface area contributed by atoms with Gasteiger partial charge in [0.25, 0.3) is 0 Å². The molecule has 1 aliphatic carbocycles. The second kappa shape index (κ2) is 7.97. The van der Waals surface area contributed by atoms with Gasteiger partial charge in [0, 0.05) is 11.5 Å². The van der Waals surface area contributed by atoms with E-state index in [4.69, 9.17) is 13.7 Å². The van der Waals surface area contributed by atoms with Crippen LogP contribution in [0, 0.1) is 30.1 Å². The van der Waals surface area contributed by atoms with E-state index in [2.05, 4.69) is 0 Å². The third-order valence-electron chi connectivity index (χ3n) is 3.47. The van der Waals surface area contributed by atoms with E-state index in [-0.39, 0.29) is 17.0 Å². The van der Waals surface area contributed by atoms with Crippen molar-refractivity contribution in [3.63, 3.8) is 0 Å². The molecule has 5 nitrogen and oxygen atoms in total. The number of nitriles is 1. The molecule has 2 rings (SSSR count). The number of Topliss-reactive ketones (excluding diaryl/α,β-unsaturated/α-hetero) is 2. The van der Waals surface area contributed by atoms with Crippen LogP contribution in [-0.4, -0.2) is 20.0 Å². The molecule has 1 aromatic rings. The fraction of sp³-hybridized carbons (Fsp3) is 0.400. The molecule has 0 bridgehead atoms. The zero-order valence-corrected chi connectivity index (χ0v) is 13.2. The van der Waals surface area contributed by atoms with E-state index in [1.807, 2.05) is 0 Å². The fourth-order valence-electron chi connectivity index (χ4n) is 2.13. The van der Waals surface area contributed by atoms with Crippen molar-refractivity contribution >= 4 is 23.1 Å². The first-order valence-electron chi connectivity index (χ1n) is 6.74. The Morgan fingerprint density at radius 2 is 1.83 bits per heavy atom. The Kier molecular flexibility index (Phi) is 6.54. The molecular weight excluding hydrogens is 347 g/mol. The summed E-state index contributed by atoms with van der Waals surface area (Å²) in [5, 5.41) is 9.01. The predicted octanol–water partition coefficient (Wildman–Crippen LogP) is 2.65. The van der Waals surface area contributed by atoms with E-state index in [9.17, 15) is 22.8 Å². The molecule has 1 fully saturated rings. The van der Waals surface area contributed by atoms with Gasteiger partial charge in [0.05, 0.1) is 11.6 Å². The normalized spacial score (nSPS) is 14.6. The Morgan fingerprint density at radius 1 is 1.29 bits per heavy atom. The molecule has 128 valence electrons. The van der Waals surface area contributed by atoms with Crippen molar-refractivity contribution in [1.82, 2.24) is 0 Å². The van der Waals surface area contributed by atoms with Crippen molar-refractivity contribution in [3.05, 3.63) is 34.9 Å². The Labute approximate surface area is 139 Å². The zero-order chi connectivity index (χ0) is 18.5. The lowest BCUT2D eigenvalue weighted by molar-refractivity contribution is -0.137. The van der Waals surface area contributed by atoms with E-state index in [1.165, 1.54) is 6.92 Å². The Bertz CT molecular complexity index is 729. The molecule has 0 N–H and O–H groups in total. The van der Waals surface area contributed by atoms with Crippen molar-refractivity contribution in [3.8, 4) is 6.07 Å². The lowest BCUT2D eigenvalue weighted by atomic mass is 9.90. The number of carbonyl (C=O) groups excluding carboxylic acids is 2. The van der Waals surface area contributed by atoms with Gasteiger partial charge in [-0.3, -0.25) is 9.59 Å². The average molecular weight is 359 g/mol. The number of aryl methyl sites for hydroxylation is 1. The average Bonchev–Trinajstić information content (AvgIpc) is 3.32. The third kappa shape index (κ3) is 4.83. The highest BCUT2D eigenvalue weighted by Gasteiger charge is 2.39. The highest BCUT2D eigenvalue weighted by atomic mass is 32.1. The van der Waals surface area contributed by atoms with Crippen molar-refractivity contribution in [2.45, 2.75) is 25.9 Å². The molecule has 0 saturated heterocycles. The van der Waals surface area contributed by atoms with Crippen molar-refractivity contribution in [2.24, 2.45) is 11.8 Å². The number of benzene rings is 1. The topological polar surface area (TPSA) is 92.1 Å². The van der Waals surface area contributed by atoms with Gasteiger partial charge in [0.2, 0.25) is 0 Å². The van der Waals surface area contributed by atoms with Gasteiger partial charge >= 0.3 is 17.7 Å². The van der Waals surface area contributed by atoms with Gasteiger partial charge in [0.15, 0.2) is 17.5 Å². The van der Waals surface area contributed by atoms with Gasteiger partial charge in [-0.1, -0.05) is 6.07 Å². The van der Waals surface area contributed by atoms with Gasteiger partial charge in [-0.05, 0) is 37.5 Å². The Hall–Kier alpha value is -2.34. The maximum atomic E-state index is 12.6. The smallest absolute Gasteiger partial charge is 0.297 e. The number of halogens is 3. The summed E-state index contributed by atoms with van der Waals surface area (Å²) >= 11 is -0.750. The number of hydrogen-bond donors (Lipinski definition) is 0. The number of alkyl halides is 3. The first-order valence-corrected chi connectivity index (χ1v) is 7.41. The number of nitrogens with zero attached hydrogens (tertiary/aromatic N) is 1. The second-order valence-electron chi connectivity index (χ2n) is 5.20. The Balaban J connectivity index is 0.000000891. The molecule has 0 aliphatic heterocycles. The molecule has 0 radical (unpaired) electrons. The summed E-state index contributed by atoms with van der Waals surface area (Å²) < 4.78 is 54.3. The summed E-state index contributed by atoms with van der Waals surface area (Å²) in [6, 6.07) is 4.34. The van der Waals surface area contributed by atoms with Crippen molar-refractivity contribution < 1.29 is 31.2 Å². The number of ketones is 2. The van der Waals surface area contributed by atoms with Crippen LogP contribution in [0.15, 0.2) is 18.2 Å². The largest absolute Gasteiger partial charge is 0.416 e.